The Morgan fingerprint density at radius 3 is 2.80 bits per heavy atom. The smallest absolute Gasteiger partial charge is 0.263 e. The van der Waals surface area contributed by atoms with Gasteiger partial charge in [0, 0.05) is 0 Å². The highest BCUT2D eigenvalue weighted by Gasteiger charge is 2.22. The van der Waals surface area contributed by atoms with E-state index in [4.69, 9.17) is 21.7 Å². The molecule has 106 valence electrons. The van der Waals surface area contributed by atoms with Gasteiger partial charge in [0.15, 0.2) is 11.5 Å². The molecule has 0 unspecified atom stereocenters. The van der Waals surface area contributed by atoms with Crippen molar-refractivity contribution >= 4 is 62.9 Å². The van der Waals surface area contributed by atoms with Gasteiger partial charge in [-0.3, -0.25) is 4.79 Å². The van der Waals surface area contributed by atoms with Crippen molar-refractivity contribution in [3.05, 3.63) is 26.2 Å². The van der Waals surface area contributed by atoms with Crippen LogP contribution in [0.25, 0.3) is 6.08 Å². The number of hydrogen-bond acceptors (Lipinski definition) is 5. The second kappa shape index (κ2) is 6.77. The number of amides is 1. The number of ether oxygens (including phenoxy) is 2. The Morgan fingerprint density at radius 2 is 2.25 bits per heavy atom. The van der Waals surface area contributed by atoms with Crippen LogP contribution in [0, 0.1) is 3.57 Å². The fourth-order valence-electron chi connectivity index (χ4n) is 1.70. The van der Waals surface area contributed by atoms with Gasteiger partial charge in [0.05, 0.1) is 22.2 Å². The first-order chi connectivity index (χ1) is 9.55. The third kappa shape index (κ3) is 3.44. The van der Waals surface area contributed by atoms with Crippen molar-refractivity contribution in [3.8, 4) is 11.5 Å². The zero-order chi connectivity index (χ0) is 14.7. The van der Waals surface area contributed by atoms with E-state index >= 15 is 0 Å². The Morgan fingerprint density at radius 1 is 1.50 bits per heavy atom. The van der Waals surface area contributed by atoms with Gasteiger partial charge in [-0.25, -0.2) is 0 Å². The molecule has 1 aromatic rings. The van der Waals surface area contributed by atoms with Crippen molar-refractivity contribution < 1.29 is 14.3 Å². The maximum Gasteiger partial charge on any atom is 0.263 e. The largest absolute Gasteiger partial charge is 0.492 e. The molecule has 0 bridgehead atoms. The van der Waals surface area contributed by atoms with E-state index in [2.05, 4.69) is 27.9 Å². The predicted octanol–water partition coefficient (Wildman–Crippen LogP) is 3.19. The molecule has 1 fully saturated rings. The van der Waals surface area contributed by atoms with E-state index < -0.39 is 0 Å². The summed E-state index contributed by atoms with van der Waals surface area (Å²) < 4.78 is 12.3. The molecule has 0 saturated carbocycles. The molecule has 0 aliphatic carbocycles. The summed E-state index contributed by atoms with van der Waals surface area (Å²) in [7, 11) is 1.61. The molecule has 0 radical (unpaired) electrons. The molecule has 20 heavy (non-hydrogen) atoms. The summed E-state index contributed by atoms with van der Waals surface area (Å²) in [6.07, 6.45) is 1.80. The van der Waals surface area contributed by atoms with E-state index in [9.17, 15) is 4.79 Å². The summed E-state index contributed by atoms with van der Waals surface area (Å²) in [4.78, 5) is 12.2. The zero-order valence-electron chi connectivity index (χ0n) is 10.9. The first kappa shape index (κ1) is 15.6. The monoisotopic (exact) mass is 421 g/mol. The van der Waals surface area contributed by atoms with Crippen LogP contribution in [0.2, 0.25) is 0 Å². The first-order valence-corrected chi connectivity index (χ1v) is 8.10. The lowest BCUT2D eigenvalue weighted by Crippen LogP contribution is -2.17. The lowest BCUT2D eigenvalue weighted by atomic mass is 10.2. The Balaban J connectivity index is 2.40. The minimum Gasteiger partial charge on any atom is -0.492 e. The maximum atomic E-state index is 11.7. The summed E-state index contributed by atoms with van der Waals surface area (Å²) in [5, 5.41) is 2.59. The van der Waals surface area contributed by atoms with Gasteiger partial charge in [0.25, 0.3) is 5.91 Å². The number of nitrogens with one attached hydrogen (secondary N) is 1. The highest BCUT2D eigenvalue weighted by atomic mass is 127. The Kier molecular flexibility index (Phi) is 5.28. The van der Waals surface area contributed by atoms with Gasteiger partial charge in [-0.05, 0) is 53.3 Å². The minimum atomic E-state index is -0.163. The van der Waals surface area contributed by atoms with Crippen molar-refractivity contribution in [2.75, 3.05) is 13.7 Å². The van der Waals surface area contributed by atoms with E-state index in [1.165, 1.54) is 11.8 Å². The number of benzene rings is 1. The number of thioether (sulfide) groups is 1. The van der Waals surface area contributed by atoms with Gasteiger partial charge in [0.2, 0.25) is 0 Å². The number of thiocarbonyl (C=S) groups is 1. The summed E-state index contributed by atoms with van der Waals surface area (Å²) in [5.41, 5.74) is 0.876. The average Bonchev–Trinajstić information content (AvgIpc) is 2.68. The quantitative estimate of drug-likeness (QED) is 0.460. The molecule has 0 spiro atoms. The van der Waals surface area contributed by atoms with Gasteiger partial charge in [0.1, 0.15) is 4.32 Å². The minimum absolute atomic E-state index is 0.163. The van der Waals surface area contributed by atoms with Gasteiger partial charge >= 0.3 is 0 Å². The van der Waals surface area contributed by atoms with Crippen molar-refractivity contribution in [1.29, 1.82) is 0 Å². The molecule has 7 heteroatoms. The lowest BCUT2D eigenvalue weighted by molar-refractivity contribution is -0.115. The normalized spacial score (nSPS) is 16.4. The number of hydrogen-bond donors (Lipinski definition) is 1. The molecule has 2 rings (SSSR count). The van der Waals surface area contributed by atoms with Crippen LogP contribution in [0.15, 0.2) is 17.0 Å². The molecule has 1 aromatic carbocycles. The van der Waals surface area contributed by atoms with Gasteiger partial charge in [-0.2, -0.15) is 0 Å². The van der Waals surface area contributed by atoms with Crippen LogP contribution in [-0.4, -0.2) is 23.9 Å². The molecule has 1 N–H and O–H groups in total. The summed E-state index contributed by atoms with van der Waals surface area (Å²) in [6.45, 7) is 2.46. The van der Waals surface area contributed by atoms with Crippen molar-refractivity contribution in [3.63, 3.8) is 0 Å². The number of halogens is 1. The van der Waals surface area contributed by atoms with Gasteiger partial charge in [-0.15, -0.1) is 0 Å². The van der Waals surface area contributed by atoms with Crippen LogP contribution in [0.3, 0.4) is 0 Å². The van der Waals surface area contributed by atoms with Gasteiger partial charge < -0.3 is 14.8 Å². The molecule has 1 aliphatic rings. The molecule has 0 atom stereocenters. The third-order valence-electron chi connectivity index (χ3n) is 2.48. The molecule has 1 aliphatic heterocycles. The molecule has 1 heterocycles. The van der Waals surface area contributed by atoms with Crippen molar-refractivity contribution in [2.24, 2.45) is 0 Å². The molecule has 1 amide bonds. The fourth-order valence-corrected chi connectivity index (χ4v) is 3.59. The SMILES string of the molecule is CCOc1cc(/C=C2/SC(=S)NC2=O)cc(I)c1OC. The Bertz CT molecular complexity index is 602. The molecular formula is C13H12INO3S2. The molecule has 0 aromatic heterocycles. The van der Waals surface area contributed by atoms with Gasteiger partial charge in [-0.1, -0.05) is 24.0 Å². The standard InChI is InChI=1S/C13H12INO3S2/c1-3-18-9-5-7(4-8(14)11(9)17-2)6-10-12(16)15-13(19)20-10/h4-6H,3H2,1-2H3,(H,15,16,19)/b10-6+. The lowest BCUT2D eigenvalue weighted by Gasteiger charge is -2.12. The number of carbonyl (C=O) groups is 1. The molecule has 4 nitrogen and oxygen atoms in total. The second-order valence-corrected chi connectivity index (χ2v) is 6.70. The van der Waals surface area contributed by atoms with Crippen LogP contribution in [0.1, 0.15) is 12.5 Å². The maximum absolute atomic E-state index is 11.7. The van der Waals surface area contributed by atoms with Crippen molar-refractivity contribution in [2.45, 2.75) is 6.92 Å². The fraction of sp³-hybridized carbons (Fsp3) is 0.231. The van der Waals surface area contributed by atoms with Crippen LogP contribution in [0.4, 0.5) is 0 Å². The van der Waals surface area contributed by atoms with Crippen LogP contribution in [-0.2, 0) is 4.79 Å². The summed E-state index contributed by atoms with van der Waals surface area (Å²) in [5.74, 6) is 1.21. The van der Waals surface area contributed by atoms with Crippen LogP contribution >= 0.6 is 46.6 Å². The van der Waals surface area contributed by atoms with Crippen molar-refractivity contribution in [1.82, 2.24) is 5.32 Å². The van der Waals surface area contributed by atoms with E-state index in [1.807, 2.05) is 19.1 Å². The Labute approximate surface area is 140 Å². The second-order valence-electron chi connectivity index (χ2n) is 3.82. The summed E-state index contributed by atoms with van der Waals surface area (Å²) in [6, 6.07) is 3.79. The predicted molar refractivity (Wildman–Crippen MR) is 93.2 cm³/mol. The number of methoxy groups -OCH3 is 1. The van der Waals surface area contributed by atoms with E-state index in [1.54, 1.807) is 13.2 Å². The average molecular weight is 421 g/mol. The third-order valence-corrected chi connectivity index (χ3v) is 4.44. The Hall–Kier alpha value is -0.800. The summed E-state index contributed by atoms with van der Waals surface area (Å²) >= 11 is 8.41. The zero-order valence-corrected chi connectivity index (χ0v) is 14.6. The van der Waals surface area contributed by atoms with E-state index in [-0.39, 0.29) is 5.91 Å². The van der Waals surface area contributed by atoms with Crippen LogP contribution < -0.4 is 14.8 Å². The topological polar surface area (TPSA) is 47.6 Å². The van der Waals surface area contributed by atoms with E-state index in [0.29, 0.717) is 27.3 Å². The molecular weight excluding hydrogens is 409 g/mol. The number of carbonyl (C=O) groups excluding carboxylic acids is 1. The van der Waals surface area contributed by atoms with Crippen LogP contribution in [0.5, 0.6) is 11.5 Å². The highest BCUT2D eigenvalue weighted by Crippen LogP contribution is 2.35. The molecule has 1 saturated heterocycles. The number of rotatable bonds is 4. The first-order valence-electron chi connectivity index (χ1n) is 5.80. The highest BCUT2D eigenvalue weighted by molar-refractivity contribution is 14.1. The van der Waals surface area contributed by atoms with E-state index in [0.717, 1.165) is 9.13 Å².